The molecule has 0 unspecified atom stereocenters. The van der Waals surface area contributed by atoms with Crippen molar-refractivity contribution in [1.29, 1.82) is 0 Å². The molecule has 9 nitrogen and oxygen atoms in total. The van der Waals surface area contributed by atoms with E-state index in [2.05, 4.69) is 5.32 Å². The van der Waals surface area contributed by atoms with Crippen molar-refractivity contribution in [2.45, 2.75) is 69.5 Å². The molecular weight excluding hydrogens is 585 g/mol. The highest BCUT2D eigenvalue weighted by Crippen LogP contribution is 2.32. The molecule has 3 aromatic carbocycles. The average Bonchev–Trinajstić information content (AvgIpc) is 3.03. The zero-order chi connectivity index (χ0) is 31.9. The summed E-state index contributed by atoms with van der Waals surface area (Å²) in [5, 5.41) is 3.09. The lowest BCUT2D eigenvalue weighted by atomic mass is 9.95. The largest absolute Gasteiger partial charge is 0.493 e. The van der Waals surface area contributed by atoms with Crippen molar-refractivity contribution < 1.29 is 31.9 Å². The van der Waals surface area contributed by atoms with E-state index < -0.39 is 34.3 Å². The van der Waals surface area contributed by atoms with E-state index in [1.54, 1.807) is 6.92 Å². The molecule has 3 aromatic rings. The van der Waals surface area contributed by atoms with Crippen molar-refractivity contribution in [3.8, 4) is 11.5 Å². The molecule has 11 heteroatoms. The minimum absolute atomic E-state index is 0.0381. The van der Waals surface area contributed by atoms with Gasteiger partial charge in [0.25, 0.3) is 10.0 Å². The topological polar surface area (TPSA) is 105 Å². The zero-order valence-corrected chi connectivity index (χ0v) is 26.4. The van der Waals surface area contributed by atoms with Crippen LogP contribution in [0.4, 0.5) is 10.1 Å². The van der Waals surface area contributed by atoms with Gasteiger partial charge in [-0.25, -0.2) is 12.8 Å². The molecule has 4 rings (SSSR count). The number of methoxy groups -OCH3 is 2. The number of hydrogen-bond acceptors (Lipinski definition) is 6. The first-order valence-corrected chi connectivity index (χ1v) is 16.1. The molecule has 1 saturated carbocycles. The summed E-state index contributed by atoms with van der Waals surface area (Å²) < 4.78 is 53.5. The summed E-state index contributed by atoms with van der Waals surface area (Å²) in [5.41, 5.74) is 1.92. The van der Waals surface area contributed by atoms with E-state index in [-0.39, 0.29) is 34.8 Å². The normalized spacial score (nSPS) is 14.4. The first kappa shape index (κ1) is 32.8. The van der Waals surface area contributed by atoms with Gasteiger partial charge in [-0.2, -0.15) is 0 Å². The molecule has 1 N–H and O–H groups in total. The van der Waals surface area contributed by atoms with Crippen LogP contribution >= 0.6 is 0 Å². The van der Waals surface area contributed by atoms with Crippen LogP contribution in [0, 0.1) is 12.7 Å². The van der Waals surface area contributed by atoms with E-state index in [1.165, 1.54) is 49.5 Å². The number of nitrogens with zero attached hydrogens (tertiary/aromatic N) is 2. The lowest BCUT2D eigenvalue weighted by Gasteiger charge is -2.33. The first-order chi connectivity index (χ1) is 21.0. The quantitative estimate of drug-likeness (QED) is 0.296. The lowest BCUT2D eigenvalue weighted by molar-refractivity contribution is -0.139. The summed E-state index contributed by atoms with van der Waals surface area (Å²) in [5.74, 6) is -0.929. The van der Waals surface area contributed by atoms with E-state index in [9.17, 15) is 22.4 Å². The fourth-order valence-electron chi connectivity index (χ4n) is 5.28. The highest BCUT2D eigenvalue weighted by Gasteiger charge is 2.33. The Morgan fingerprint density at radius 2 is 1.57 bits per heavy atom. The van der Waals surface area contributed by atoms with Crippen LogP contribution in [0.15, 0.2) is 71.6 Å². The summed E-state index contributed by atoms with van der Waals surface area (Å²) in [6.07, 6.45) is 4.96. The maximum atomic E-state index is 14.1. The maximum Gasteiger partial charge on any atom is 0.264 e. The van der Waals surface area contributed by atoms with Gasteiger partial charge in [-0.15, -0.1) is 0 Å². The number of anilines is 1. The second-order valence-electron chi connectivity index (χ2n) is 11.0. The number of aryl methyl sites for hydroxylation is 1. The van der Waals surface area contributed by atoms with Gasteiger partial charge in [0.05, 0.1) is 24.8 Å². The molecule has 0 aliphatic heterocycles. The standard InChI is InChI=1S/C33H40FN3O6S/c1-23-10-12-25(13-11-23)21-36(24(2)33(39)35-27-8-6-5-7-9-27)32(38)22-37(28-16-14-26(34)15-17-28)44(40,41)29-18-19-30(42-3)31(20-29)43-4/h10-20,24,27H,5-9,21-22H2,1-4H3,(H,35,39)/t24-/m1/s1. The van der Waals surface area contributed by atoms with Crippen LogP contribution in [0.1, 0.15) is 50.2 Å². The van der Waals surface area contributed by atoms with Crippen LogP contribution < -0.4 is 19.1 Å². The third kappa shape index (κ3) is 7.88. The van der Waals surface area contributed by atoms with Crippen molar-refractivity contribution in [1.82, 2.24) is 10.2 Å². The fourth-order valence-corrected chi connectivity index (χ4v) is 6.71. The Balaban J connectivity index is 1.70. The van der Waals surface area contributed by atoms with Crippen molar-refractivity contribution in [3.63, 3.8) is 0 Å². The van der Waals surface area contributed by atoms with Crippen LogP contribution in [-0.2, 0) is 26.2 Å². The van der Waals surface area contributed by atoms with Gasteiger partial charge in [0.1, 0.15) is 18.4 Å². The number of benzene rings is 3. The number of sulfonamides is 1. The van der Waals surface area contributed by atoms with E-state index in [0.29, 0.717) is 5.75 Å². The average molecular weight is 626 g/mol. The van der Waals surface area contributed by atoms with Crippen LogP contribution in [-0.4, -0.2) is 58.0 Å². The predicted octanol–water partition coefficient (Wildman–Crippen LogP) is 5.21. The SMILES string of the molecule is COc1ccc(S(=O)(=O)N(CC(=O)N(Cc2ccc(C)cc2)[C@H](C)C(=O)NC2CCCCC2)c2ccc(F)cc2)cc1OC. The van der Waals surface area contributed by atoms with Gasteiger partial charge in [0.2, 0.25) is 11.8 Å². The molecule has 0 aromatic heterocycles. The Morgan fingerprint density at radius 3 is 2.18 bits per heavy atom. The van der Waals surface area contributed by atoms with Crippen LogP contribution in [0.5, 0.6) is 11.5 Å². The summed E-state index contributed by atoms with van der Waals surface area (Å²) >= 11 is 0. The Labute approximate surface area is 259 Å². The molecule has 1 aliphatic carbocycles. The van der Waals surface area contributed by atoms with Crippen molar-refractivity contribution in [3.05, 3.63) is 83.7 Å². The van der Waals surface area contributed by atoms with Crippen molar-refractivity contribution in [2.24, 2.45) is 0 Å². The first-order valence-electron chi connectivity index (χ1n) is 14.7. The number of carbonyl (C=O) groups is 2. The van der Waals surface area contributed by atoms with Gasteiger partial charge < -0.3 is 19.7 Å². The number of hydrogen-bond donors (Lipinski definition) is 1. The monoisotopic (exact) mass is 625 g/mol. The summed E-state index contributed by atoms with van der Waals surface area (Å²) in [6.45, 7) is 3.06. The molecule has 0 heterocycles. The van der Waals surface area contributed by atoms with E-state index >= 15 is 0 Å². The molecule has 0 spiro atoms. The van der Waals surface area contributed by atoms with Crippen LogP contribution in [0.2, 0.25) is 0 Å². The van der Waals surface area contributed by atoms with Gasteiger partial charge in [-0.3, -0.25) is 13.9 Å². The molecular formula is C33H40FN3O6S. The van der Waals surface area contributed by atoms with Crippen molar-refractivity contribution >= 4 is 27.5 Å². The van der Waals surface area contributed by atoms with Gasteiger partial charge in [0.15, 0.2) is 11.5 Å². The zero-order valence-electron chi connectivity index (χ0n) is 25.6. The Kier molecular flexibility index (Phi) is 10.9. The molecule has 1 atom stereocenters. The van der Waals surface area contributed by atoms with Crippen LogP contribution in [0.25, 0.3) is 0 Å². The van der Waals surface area contributed by atoms with E-state index in [0.717, 1.165) is 59.7 Å². The Hall–Kier alpha value is -4.12. The Bertz CT molecular complexity index is 1540. The minimum atomic E-state index is -4.37. The molecule has 1 fully saturated rings. The van der Waals surface area contributed by atoms with Gasteiger partial charge in [-0.05, 0) is 68.7 Å². The number of nitrogens with one attached hydrogen (secondary N) is 1. The highest BCUT2D eigenvalue weighted by molar-refractivity contribution is 7.92. The summed E-state index contributed by atoms with van der Waals surface area (Å²) in [7, 11) is -1.55. The highest BCUT2D eigenvalue weighted by atomic mass is 32.2. The fraction of sp³-hybridized carbons (Fsp3) is 0.394. The van der Waals surface area contributed by atoms with Crippen molar-refractivity contribution in [2.75, 3.05) is 25.1 Å². The third-order valence-electron chi connectivity index (χ3n) is 7.93. The summed E-state index contributed by atoms with van der Waals surface area (Å²) in [6, 6.07) is 15.7. The van der Waals surface area contributed by atoms with Gasteiger partial charge >= 0.3 is 0 Å². The number of halogens is 1. The molecule has 0 radical (unpaired) electrons. The lowest BCUT2D eigenvalue weighted by Crippen LogP contribution is -2.53. The molecule has 1 aliphatic rings. The predicted molar refractivity (Wildman–Crippen MR) is 167 cm³/mol. The Morgan fingerprint density at radius 1 is 0.932 bits per heavy atom. The number of ether oxygens (including phenoxy) is 2. The summed E-state index contributed by atoms with van der Waals surface area (Å²) in [4.78, 5) is 28.8. The maximum absolute atomic E-state index is 14.1. The molecule has 236 valence electrons. The molecule has 0 saturated heterocycles. The molecule has 0 bridgehead atoms. The smallest absolute Gasteiger partial charge is 0.264 e. The minimum Gasteiger partial charge on any atom is -0.493 e. The second-order valence-corrected chi connectivity index (χ2v) is 12.9. The number of amides is 2. The second kappa shape index (κ2) is 14.6. The van der Waals surface area contributed by atoms with E-state index in [1.807, 2.05) is 31.2 Å². The van der Waals surface area contributed by atoms with E-state index in [4.69, 9.17) is 9.47 Å². The molecule has 44 heavy (non-hydrogen) atoms. The number of carbonyl (C=O) groups excluding carboxylic acids is 2. The van der Waals surface area contributed by atoms with Crippen LogP contribution in [0.3, 0.4) is 0 Å². The number of rotatable bonds is 12. The van der Waals surface area contributed by atoms with Gasteiger partial charge in [-0.1, -0.05) is 49.1 Å². The third-order valence-corrected chi connectivity index (χ3v) is 9.70. The molecule has 2 amide bonds. The van der Waals surface area contributed by atoms with Gasteiger partial charge in [0, 0.05) is 18.7 Å².